The molecule has 3 rings (SSSR count). The Balaban J connectivity index is 2.00. The van der Waals surface area contributed by atoms with Gasteiger partial charge >= 0.3 is 5.88 Å². The van der Waals surface area contributed by atoms with Gasteiger partial charge in [0.2, 0.25) is 0 Å². The van der Waals surface area contributed by atoms with Gasteiger partial charge in [0, 0.05) is 5.02 Å². The minimum atomic E-state index is -0.729. The van der Waals surface area contributed by atoms with E-state index in [0.29, 0.717) is 10.7 Å². The van der Waals surface area contributed by atoms with Crippen molar-refractivity contribution >= 4 is 58.4 Å². The zero-order valence-electron chi connectivity index (χ0n) is 12.3. The molecule has 1 fully saturated rings. The number of carbonyl (C=O) groups excluding carboxylic acids is 2. The maximum absolute atomic E-state index is 12.7. The predicted molar refractivity (Wildman–Crippen MR) is 93.0 cm³/mol. The van der Waals surface area contributed by atoms with Gasteiger partial charge in [0.15, 0.2) is 5.11 Å². The Labute approximate surface area is 150 Å². The van der Waals surface area contributed by atoms with Gasteiger partial charge in [-0.25, -0.2) is 0 Å². The molecule has 0 saturated carbocycles. The first-order valence-electron chi connectivity index (χ1n) is 6.78. The zero-order valence-corrected chi connectivity index (χ0v) is 13.8. The summed E-state index contributed by atoms with van der Waals surface area (Å²) in [6.45, 7) is 0. The highest BCUT2D eigenvalue weighted by molar-refractivity contribution is 7.80. The normalized spacial score (nSPS) is 16.3. The summed E-state index contributed by atoms with van der Waals surface area (Å²) < 4.78 is 4.95. The standard InChI is InChI=1S/C15H8ClN3O5S/c16-8-2-1-3-9(6-8)18-14(21)11(13(20)17-15(18)25)7-10-4-5-12(24-10)19(22)23/h1-7H,(H,17,20,25). The average molecular weight is 378 g/mol. The van der Waals surface area contributed by atoms with Crippen molar-refractivity contribution in [1.29, 1.82) is 0 Å². The predicted octanol–water partition coefficient (Wildman–Crippen LogP) is 2.67. The molecule has 1 aliphatic heterocycles. The van der Waals surface area contributed by atoms with Crippen LogP contribution in [0.15, 0.2) is 46.4 Å². The number of hydrogen-bond donors (Lipinski definition) is 1. The molecule has 10 heteroatoms. The number of halogens is 1. The number of nitrogens with zero attached hydrogens (tertiary/aromatic N) is 2. The van der Waals surface area contributed by atoms with E-state index in [9.17, 15) is 19.7 Å². The van der Waals surface area contributed by atoms with Crippen molar-refractivity contribution < 1.29 is 18.9 Å². The van der Waals surface area contributed by atoms with E-state index in [1.54, 1.807) is 18.2 Å². The van der Waals surface area contributed by atoms with Crippen molar-refractivity contribution in [2.24, 2.45) is 0 Å². The third-order valence-corrected chi connectivity index (χ3v) is 3.77. The molecule has 2 amide bonds. The van der Waals surface area contributed by atoms with Gasteiger partial charge < -0.3 is 4.42 Å². The number of carbonyl (C=O) groups is 2. The number of nitrogens with one attached hydrogen (secondary N) is 1. The number of amides is 2. The molecule has 1 aliphatic rings. The van der Waals surface area contributed by atoms with E-state index < -0.39 is 22.6 Å². The summed E-state index contributed by atoms with van der Waals surface area (Å²) >= 11 is 11.0. The lowest BCUT2D eigenvalue weighted by atomic mass is 10.1. The number of benzene rings is 1. The molecule has 0 radical (unpaired) electrons. The van der Waals surface area contributed by atoms with Crippen molar-refractivity contribution in [3.63, 3.8) is 0 Å². The quantitative estimate of drug-likeness (QED) is 0.290. The average Bonchev–Trinajstić information content (AvgIpc) is 3.00. The lowest BCUT2D eigenvalue weighted by Gasteiger charge is -2.28. The van der Waals surface area contributed by atoms with Crippen LogP contribution in [-0.2, 0) is 9.59 Å². The molecule has 1 aromatic carbocycles. The smallest absolute Gasteiger partial charge is 0.401 e. The molecule has 2 aromatic rings. The lowest BCUT2D eigenvalue weighted by molar-refractivity contribution is -0.402. The molecule has 1 aromatic heterocycles. The van der Waals surface area contributed by atoms with Crippen molar-refractivity contribution in [2.75, 3.05) is 4.90 Å². The van der Waals surface area contributed by atoms with Gasteiger partial charge in [0.1, 0.15) is 16.3 Å². The van der Waals surface area contributed by atoms with Crippen LogP contribution in [0.5, 0.6) is 0 Å². The monoisotopic (exact) mass is 377 g/mol. The van der Waals surface area contributed by atoms with Crippen LogP contribution >= 0.6 is 23.8 Å². The third-order valence-electron chi connectivity index (χ3n) is 3.25. The van der Waals surface area contributed by atoms with Gasteiger partial charge in [-0.3, -0.25) is 29.9 Å². The molecular formula is C15H8ClN3O5S. The van der Waals surface area contributed by atoms with Gasteiger partial charge in [-0.15, -0.1) is 0 Å². The van der Waals surface area contributed by atoms with Crippen molar-refractivity contribution in [1.82, 2.24) is 5.32 Å². The van der Waals surface area contributed by atoms with Crippen LogP contribution in [0.3, 0.4) is 0 Å². The summed E-state index contributed by atoms with van der Waals surface area (Å²) in [7, 11) is 0. The molecule has 126 valence electrons. The molecule has 1 saturated heterocycles. The Morgan fingerprint density at radius 2 is 2.04 bits per heavy atom. The number of rotatable bonds is 3. The summed E-state index contributed by atoms with van der Waals surface area (Å²) in [6.07, 6.45) is 1.12. The molecular weight excluding hydrogens is 370 g/mol. The van der Waals surface area contributed by atoms with Crippen LogP contribution in [0.25, 0.3) is 6.08 Å². The summed E-state index contributed by atoms with van der Waals surface area (Å²) in [4.78, 5) is 35.8. The second kappa shape index (κ2) is 6.46. The number of thiocarbonyl (C=S) groups is 1. The van der Waals surface area contributed by atoms with E-state index in [1.165, 1.54) is 12.1 Å². The Bertz CT molecular complexity index is 952. The fourth-order valence-corrected chi connectivity index (χ4v) is 2.63. The number of furan rings is 1. The first-order chi connectivity index (χ1) is 11.9. The summed E-state index contributed by atoms with van der Waals surface area (Å²) in [5.41, 5.74) is 0.0941. The molecule has 1 N–H and O–H groups in total. The first-order valence-corrected chi connectivity index (χ1v) is 7.56. The van der Waals surface area contributed by atoms with E-state index in [0.717, 1.165) is 17.0 Å². The number of hydrogen-bond acceptors (Lipinski definition) is 6. The maximum atomic E-state index is 12.7. The maximum Gasteiger partial charge on any atom is 0.433 e. The second-order valence-electron chi connectivity index (χ2n) is 4.87. The van der Waals surface area contributed by atoms with E-state index >= 15 is 0 Å². The first kappa shape index (κ1) is 16.8. The molecule has 2 heterocycles. The largest absolute Gasteiger partial charge is 0.433 e. The van der Waals surface area contributed by atoms with Gasteiger partial charge in [0.25, 0.3) is 11.8 Å². The van der Waals surface area contributed by atoms with Gasteiger partial charge in [-0.05, 0) is 42.6 Å². The number of anilines is 1. The highest BCUT2D eigenvalue weighted by Gasteiger charge is 2.35. The summed E-state index contributed by atoms with van der Waals surface area (Å²) in [6, 6.07) is 8.77. The highest BCUT2D eigenvalue weighted by atomic mass is 35.5. The molecule has 8 nitrogen and oxygen atoms in total. The van der Waals surface area contributed by atoms with Gasteiger partial charge in [0.05, 0.1) is 11.8 Å². The summed E-state index contributed by atoms with van der Waals surface area (Å²) in [5, 5.41) is 13.3. The molecule has 0 bridgehead atoms. The highest BCUT2D eigenvalue weighted by Crippen LogP contribution is 2.25. The van der Waals surface area contributed by atoms with Crippen LogP contribution in [0, 0.1) is 10.1 Å². The molecule has 0 aliphatic carbocycles. The van der Waals surface area contributed by atoms with E-state index in [2.05, 4.69) is 5.32 Å². The van der Waals surface area contributed by atoms with Crippen molar-refractivity contribution in [2.45, 2.75) is 0 Å². The Morgan fingerprint density at radius 1 is 1.28 bits per heavy atom. The molecule has 25 heavy (non-hydrogen) atoms. The van der Waals surface area contributed by atoms with Crippen molar-refractivity contribution in [3.05, 3.63) is 62.9 Å². The van der Waals surface area contributed by atoms with Crippen molar-refractivity contribution in [3.8, 4) is 0 Å². The second-order valence-corrected chi connectivity index (χ2v) is 5.69. The minimum Gasteiger partial charge on any atom is -0.401 e. The van der Waals surface area contributed by atoms with Crippen LogP contribution in [0.2, 0.25) is 5.02 Å². The van der Waals surface area contributed by atoms with E-state index in [4.69, 9.17) is 28.2 Å². The fourth-order valence-electron chi connectivity index (χ4n) is 2.17. The topological polar surface area (TPSA) is 106 Å². The van der Waals surface area contributed by atoms with Crippen LogP contribution < -0.4 is 10.2 Å². The summed E-state index contributed by atoms with van der Waals surface area (Å²) in [5.74, 6) is -1.94. The Hall–Kier alpha value is -3.04. The van der Waals surface area contributed by atoms with Gasteiger partial charge in [-0.1, -0.05) is 17.7 Å². The molecule has 0 atom stereocenters. The Morgan fingerprint density at radius 3 is 2.68 bits per heavy atom. The number of nitro groups is 1. The Kier molecular flexibility index (Phi) is 4.34. The molecule has 0 spiro atoms. The minimum absolute atomic E-state index is 0.0101. The van der Waals surface area contributed by atoms with E-state index in [1.807, 2.05) is 0 Å². The SMILES string of the molecule is O=C1NC(=S)N(c2cccc(Cl)c2)C(=O)C1=Cc1ccc([N+](=O)[O-])o1. The van der Waals surface area contributed by atoms with Crippen LogP contribution in [0.1, 0.15) is 5.76 Å². The van der Waals surface area contributed by atoms with Gasteiger partial charge in [-0.2, -0.15) is 0 Å². The van der Waals surface area contributed by atoms with E-state index in [-0.39, 0.29) is 16.4 Å². The van der Waals surface area contributed by atoms with Crippen LogP contribution in [-0.4, -0.2) is 21.9 Å². The van der Waals surface area contributed by atoms with Crippen LogP contribution in [0.4, 0.5) is 11.6 Å². The third kappa shape index (κ3) is 3.28. The molecule has 0 unspecified atom stereocenters. The lowest BCUT2D eigenvalue weighted by Crippen LogP contribution is -2.54. The zero-order chi connectivity index (χ0) is 18.1. The fraction of sp³-hybridized carbons (Fsp3) is 0.